The summed E-state index contributed by atoms with van der Waals surface area (Å²) in [4.78, 5) is 18.8. The van der Waals surface area contributed by atoms with Crippen molar-refractivity contribution in [3.8, 4) is 0 Å². The number of rotatable bonds is 5. The minimum Gasteiger partial charge on any atom is -0.393 e. The van der Waals surface area contributed by atoms with E-state index in [1.165, 1.54) is 0 Å². The number of nitrogens with one attached hydrogen (secondary N) is 1. The molecule has 17 heavy (non-hydrogen) atoms. The van der Waals surface area contributed by atoms with Crippen LogP contribution in [0.5, 0.6) is 0 Å². The molecular weight excluding hydrogens is 216 g/mol. The molecule has 2 heterocycles. The number of hydrogen-bond acceptors (Lipinski definition) is 3. The van der Waals surface area contributed by atoms with Crippen LogP contribution in [0.25, 0.3) is 0 Å². The normalized spacial score (nSPS) is 16.0. The Hall–Kier alpha value is -1.42. The van der Waals surface area contributed by atoms with Crippen molar-refractivity contribution in [2.75, 3.05) is 0 Å². The van der Waals surface area contributed by atoms with Gasteiger partial charge in [-0.3, -0.25) is 9.79 Å². The lowest BCUT2D eigenvalue weighted by atomic mass is 10.0. The van der Waals surface area contributed by atoms with Crippen molar-refractivity contribution in [1.29, 1.82) is 0 Å². The van der Waals surface area contributed by atoms with E-state index in [1.54, 1.807) is 6.21 Å². The molecule has 1 aliphatic rings. The molecule has 0 aliphatic carbocycles. The minimum atomic E-state index is -0.213. The third-order valence-corrected chi connectivity index (χ3v) is 3.16. The highest BCUT2D eigenvalue weighted by Gasteiger charge is 2.19. The first kappa shape index (κ1) is 12.0. The Kier molecular flexibility index (Phi) is 3.74. The Balaban J connectivity index is 1.99. The summed E-state index contributed by atoms with van der Waals surface area (Å²) < 4.78 is 0. The number of ketones is 1. The van der Waals surface area contributed by atoms with E-state index < -0.39 is 0 Å². The maximum Gasteiger partial charge on any atom is 0.186 e. The van der Waals surface area contributed by atoms with Crippen molar-refractivity contribution < 1.29 is 9.90 Å². The molecule has 4 nitrogen and oxygen atoms in total. The minimum absolute atomic E-state index is 0.106. The number of aliphatic imine (C=N–C) groups is 1. The van der Waals surface area contributed by atoms with Gasteiger partial charge < -0.3 is 10.1 Å². The second-order valence-corrected chi connectivity index (χ2v) is 4.43. The van der Waals surface area contributed by atoms with Crippen molar-refractivity contribution in [3.05, 3.63) is 17.5 Å². The fourth-order valence-corrected chi connectivity index (χ4v) is 2.06. The number of carbonyl (C=O) groups is 1. The van der Waals surface area contributed by atoms with E-state index in [-0.39, 0.29) is 11.9 Å². The van der Waals surface area contributed by atoms with Crippen LogP contribution in [-0.4, -0.2) is 28.2 Å². The number of aromatic amines is 1. The van der Waals surface area contributed by atoms with E-state index >= 15 is 0 Å². The van der Waals surface area contributed by atoms with Crippen LogP contribution in [0.4, 0.5) is 5.69 Å². The highest BCUT2D eigenvalue weighted by molar-refractivity contribution is 6.09. The lowest BCUT2D eigenvalue weighted by molar-refractivity contribution is 0.0997. The summed E-state index contributed by atoms with van der Waals surface area (Å²) in [7, 11) is 0. The number of aliphatic hydroxyl groups excluding tert-OH is 1. The topological polar surface area (TPSA) is 65.4 Å². The molecule has 0 bridgehead atoms. The average Bonchev–Trinajstić information content (AvgIpc) is 2.74. The molecule has 0 fully saturated rings. The van der Waals surface area contributed by atoms with Crippen LogP contribution in [0.15, 0.2) is 11.2 Å². The van der Waals surface area contributed by atoms with Crippen LogP contribution in [-0.2, 0) is 6.42 Å². The average molecular weight is 234 g/mol. The van der Waals surface area contributed by atoms with Crippen molar-refractivity contribution in [3.63, 3.8) is 0 Å². The number of hydrogen-bond donors (Lipinski definition) is 2. The van der Waals surface area contributed by atoms with Gasteiger partial charge in [0.1, 0.15) is 5.69 Å². The summed E-state index contributed by atoms with van der Waals surface area (Å²) in [6.07, 6.45) is 7.08. The number of fused-ring (bicyclic) bond motifs is 1. The Bertz CT molecular complexity index is 435. The summed E-state index contributed by atoms with van der Waals surface area (Å²) in [6.45, 7) is 1.98. The molecule has 1 unspecified atom stereocenters. The van der Waals surface area contributed by atoms with Gasteiger partial charge in [0.15, 0.2) is 5.78 Å². The lowest BCUT2D eigenvalue weighted by Gasteiger charge is -2.08. The summed E-state index contributed by atoms with van der Waals surface area (Å²) in [5, 5.41) is 9.48. The first-order valence-electron chi connectivity index (χ1n) is 6.16. The largest absolute Gasteiger partial charge is 0.393 e. The standard InChI is InChI=1S/C13H18N2O2/c1-2-10(16)5-3-4-9-8-15-13-11(17)6-7-14-12(9)13/h7-8,10,15-16H,2-6H2,1H3. The second-order valence-electron chi connectivity index (χ2n) is 4.43. The monoisotopic (exact) mass is 234 g/mol. The predicted octanol–water partition coefficient (Wildman–Crippen LogP) is 2.40. The molecule has 2 rings (SSSR count). The Morgan fingerprint density at radius 2 is 2.41 bits per heavy atom. The molecule has 4 heteroatoms. The zero-order chi connectivity index (χ0) is 12.3. The third-order valence-electron chi connectivity index (χ3n) is 3.16. The molecule has 92 valence electrons. The number of aryl methyl sites for hydroxylation is 1. The Morgan fingerprint density at radius 1 is 1.59 bits per heavy atom. The summed E-state index contributed by atoms with van der Waals surface area (Å²) in [5.74, 6) is 0.106. The molecule has 1 atom stereocenters. The molecule has 0 radical (unpaired) electrons. The highest BCUT2D eigenvalue weighted by Crippen LogP contribution is 2.29. The molecule has 0 amide bonds. The van der Waals surface area contributed by atoms with Crippen LogP contribution in [0, 0.1) is 0 Å². The molecule has 0 saturated heterocycles. The van der Waals surface area contributed by atoms with Gasteiger partial charge in [-0.25, -0.2) is 0 Å². The molecule has 0 saturated carbocycles. The van der Waals surface area contributed by atoms with Gasteiger partial charge in [0.05, 0.1) is 11.8 Å². The smallest absolute Gasteiger partial charge is 0.186 e. The van der Waals surface area contributed by atoms with Gasteiger partial charge >= 0.3 is 0 Å². The predicted molar refractivity (Wildman–Crippen MR) is 67.1 cm³/mol. The van der Waals surface area contributed by atoms with Crippen molar-refractivity contribution in [2.24, 2.45) is 4.99 Å². The maximum absolute atomic E-state index is 11.6. The Labute approximate surface area is 101 Å². The zero-order valence-corrected chi connectivity index (χ0v) is 10.1. The lowest BCUT2D eigenvalue weighted by Crippen LogP contribution is -2.05. The molecule has 2 N–H and O–H groups in total. The maximum atomic E-state index is 11.6. The fraction of sp³-hybridized carbons (Fsp3) is 0.538. The van der Waals surface area contributed by atoms with Gasteiger partial charge in [0, 0.05) is 18.8 Å². The van der Waals surface area contributed by atoms with E-state index in [9.17, 15) is 9.90 Å². The van der Waals surface area contributed by atoms with Crippen molar-refractivity contribution >= 4 is 17.7 Å². The first-order valence-corrected chi connectivity index (χ1v) is 6.16. The van der Waals surface area contributed by atoms with Crippen molar-refractivity contribution in [1.82, 2.24) is 4.98 Å². The van der Waals surface area contributed by atoms with E-state index in [1.807, 2.05) is 13.1 Å². The number of nitrogens with zero attached hydrogens (tertiary/aromatic N) is 1. The van der Waals surface area contributed by atoms with Gasteiger partial charge in [-0.05, 0) is 31.2 Å². The van der Waals surface area contributed by atoms with Crippen LogP contribution >= 0.6 is 0 Å². The van der Waals surface area contributed by atoms with Gasteiger partial charge in [0.2, 0.25) is 0 Å². The van der Waals surface area contributed by atoms with Crippen LogP contribution in [0.3, 0.4) is 0 Å². The van der Waals surface area contributed by atoms with E-state index in [0.29, 0.717) is 12.1 Å². The van der Waals surface area contributed by atoms with Gasteiger partial charge in [0.25, 0.3) is 0 Å². The van der Waals surface area contributed by atoms with Crippen LogP contribution < -0.4 is 0 Å². The van der Waals surface area contributed by atoms with Gasteiger partial charge in [-0.2, -0.15) is 0 Å². The number of aromatic nitrogens is 1. The highest BCUT2D eigenvalue weighted by atomic mass is 16.3. The van der Waals surface area contributed by atoms with Crippen LogP contribution in [0.2, 0.25) is 0 Å². The molecule has 1 aromatic rings. The van der Waals surface area contributed by atoms with E-state index in [2.05, 4.69) is 9.98 Å². The molecule has 0 aromatic carbocycles. The summed E-state index contributed by atoms with van der Waals surface area (Å²) in [5.41, 5.74) is 2.51. The third kappa shape index (κ3) is 2.64. The summed E-state index contributed by atoms with van der Waals surface area (Å²) >= 11 is 0. The van der Waals surface area contributed by atoms with Crippen LogP contribution in [0.1, 0.15) is 48.7 Å². The van der Waals surface area contributed by atoms with Crippen molar-refractivity contribution in [2.45, 2.75) is 45.1 Å². The number of aliphatic hydroxyl groups is 1. The second kappa shape index (κ2) is 5.27. The zero-order valence-electron chi connectivity index (χ0n) is 10.1. The van der Waals surface area contributed by atoms with Gasteiger partial charge in [-0.15, -0.1) is 0 Å². The first-order chi connectivity index (χ1) is 8.22. The number of carbonyl (C=O) groups excluding carboxylic acids is 1. The quantitative estimate of drug-likeness (QED) is 0.821. The molecule has 1 aromatic heterocycles. The SMILES string of the molecule is CCC(O)CCCc1c[nH]c2c1N=CCC2=O. The number of H-pyrrole nitrogens is 1. The van der Waals surface area contributed by atoms with Gasteiger partial charge in [-0.1, -0.05) is 6.92 Å². The van der Waals surface area contributed by atoms with E-state index in [4.69, 9.17) is 0 Å². The fourth-order valence-electron chi connectivity index (χ4n) is 2.06. The number of Topliss-reactive ketones (excluding diaryl/α,β-unsaturated/α-hetero) is 1. The van der Waals surface area contributed by atoms with E-state index in [0.717, 1.165) is 36.9 Å². The Morgan fingerprint density at radius 3 is 3.18 bits per heavy atom. The molecule has 1 aliphatic heterocycles. The molecular formula is C13H18N2O2. The molecule has 0 spiro atoms. The summed E-state index contributed by atoms with van der Waals surface area (Å²) in [6, 6.07) is 0.